The quantitative estimate of drug-likeness (QED) is 0.719. The third kappa shape index (κ3) is 2.05. The molecule has 2 N–H and O–H groups in total. The molecule has 16 heavy (non-hydrogen) atoms. The highest BCUT2D eigenvalue weighted by Crippen LogP contribution is 2.24. The highest BCUT2D eigenvalue weighted by Gasteiger charge is 2.18. The Bertz CT molecular complexity index is 453. The van der Waals surface area contributed by atoms with Crippen molar-refractivity contribution < 1.29 is 9.59 Å². The third-order valence-electron chi connectivity index (χ3n) is 2.91. The maximum Gasteiger partial charge on any atom is 0.315 e. The van der Waals surface area contributed by atoms with Crippen LogP contribution in [0.2, 0.25) is 0 Å². The Hall–Kier alpha value is -1.84. The first-order valence-electron chi connectivity index (χ1n) is 5.00. The number of hydrogen-bond donors (Lipinski definition) is 1. The van der Waals surface area contributed by atoms with Crippen molar-refractivity contribution in [1.82, 2.24) is 0 Å². The van der Waals surface area contributed by atoms with Gasteiger partial charge in [-0.05, 0) is 43.5 Å². The summed E-state index contributed by atoms with van der Waals surface area (Å²) >= 11 is 0. The summed E-state index contributed by atoms with van der Waals surface area (Å²) in [6.07, 6.45) is 0. The average Bonchev–Trinajstić information content (AvgIpc) is 2.24. The molecule has 0 radical (unpaired) electrons. The molecule has 2 amide bonds. The normalized spacial score (nSPS) is 10.0. The van der Waals surface area contributed by atoms with Gasteiger partial charge in [-0.25, -0.2) is 0 Å². The van der Waals surface area contributed by atoms with Crippen molar-refractivity contribution >= 4 is 17.5 Å². The molecule has 0 spiro atoms. The van der Waals surface area contributed by atoms with Gasteiger partial charge in [0.15, 0.2) is 0 Å². The van der Waals surface area contributed by atoms with Gasteiger partial charge in [0.2, 0.25) is 0 Å². The standard InChI is InChI=1S/C12H16N2O2/c1-7-5-6-10(9(3)8(7)2)14(4)12(16)11(13)15/h5-6H,1-4H3,(H2,13,15). The average molecular weight is 220 g/mol. The Balaban J connectivity index is 3.20. The van der Waals surface area contributed by atoms with Gasteiger partial charge in [0.25, 0.3) is 0 Å². The Kier molecular flexibility index (Phi) is 3.32. The maximum atomic E-state index is 11.4. The van der Waals surface area contributed by atoms with Crippen LogP contribution in [0.3, 0.4) is 0 Å². The van der Waals surface area contributed by atoms with Gasteiger partial charge < -0.3 is 10.6 Å². The molecule has 0 saturated heterocycles. The zero-order chi connectivity index (χ0) is 12.5. The lowest BCUT2D eigenvalue weighted by atomic mass is 10.0. The lowest BCUT2D eigenvalue weighted by molar-refractivity contribution is -0.135. The molecule has 1 aromatic carbocycles. The van der Waals surface area contributed by atoms with Crippen LogP contribution in [-0.2, 0) is 9.59 Å². The molecule has 86 valence electrons. The second-order valence-electron chi connectivity index (χ2n) is 3.88. The summed E-state index contributed by atoms with van der Waals surface area (Å²) in [5.74, 6) is -1.65. The number of rotatable bonds is 1. The number of hydrogen-bond acceptors (Lipinski definition) is 2. The molecule has 0 fully saturated rings. The Labute approximate surface area is 95.0 Å². The van der Waals surface area contributed by atoms with Gasteiger partial charge >= 0.3 is 11.8 Å². The highest BCUT2D eigenvalue weighted by molar-refractivity contribution is 6.39. The number of amides is 2. The number of carbonyl (C=O) groups excluding carboxylic acids is 2. The number of anilines is 1. The van der Waals surface area contributed by atoms with Gasteiger partial charge in [-0.2, -0.15) is 0 Å². The van der Waals surface area contributed by atoms with Crippen molar-refractivity contribution in [2.24, 2.45) is 5.73 Å². The van der Waals surface area contributed by atoms with Crippen LogP contribution in [0.1, 0.15) is 16.7 Å². The molecule has 0 aliphatic rings. The van der Waals surface area contributed by atoms with Gasteiger partial charge in [-0.15, -0.1) is 0 Å². The summed E-state index contributed by atoms with van der Waals surface area (Å²) in [7, 11) is 1.55. The lowest BCUT2D eigenvalue weighted by Gasteiger charge is -2.20. The lowest BCUT2D eigenvalue weighted by Crippen LogP contribution is -2.38. The first-order valence-corrected chi connectivity index (χ1v) is 5.00. The number of aryl methyl sites for hydroxylation is 1. The van der Waals surface area contributed by atoms with Crippen molar-refractivity contribution in [2.75, 3.05) is 11.9 Å². The van der Waals surface area contributed by atoms with E-state index in [1.807, 2.05) is 32.9 Å². The molecule has 1 aromatic rings. The molecule has 4 heteroatoms. The van der Waals surface area contributed by atoms with E-state index < -0.39 is 11.8 Å². The number of benzene rings is 1. The number of carbonyl (C=O) groups is 2. The maximum absolute atomic E-state index is 11.4. The number of primary amides is 1. The molecular weight excluding hydrogens is 204 g/mol. The van der Waals surface area contributed by atoms with Gasteiger partial charge in [0.05, 0.1) is 0 Å². The summed E-state index contributed by atoms with van der Waals surface area (Å²) in [6, 6.07) is 3.74. The van der Waals surface area contributed by atoms with Crippen LogP contribution in [0.15, 0.2) is 12.1 Å². The number of nitrogens with two attached hydrogens (primary N) is 1. The van der Waals surface area contributed by atoms with Crippen LogP contribution in [0, 0.1) is 20.8 Å². The van der Waals surface area contributed by atoms with Gasteiger partial charge in [-0.3, -0.25) is 9.59 Å². The predicted molar refractivity (Wildman–Crippen MR) is 63.3 cm³/mol. The fourth-order valence-electron chi connectivity index (χ4n) is 1.58. The first-order chi connectivity index (χ1) is 7.36. The van der Waals surface area contributed by atoms with E-state index in [1.54, 1.807) is 7.05 Å². The summed E-state index contributed by atoms with van der Waals surface area (Å²) < 4.78 is 0. The Morgan fingerprint density at radius 2 is 1.69 bits per heavy atom. The molecule has 0 atom stereocenters. The van der Waals surface area contributed by atoms with E-state index in [-0.39, 0.29) is 0 Å². The van der Waals surface area contributed by atoms with Gasteiger partial charge in [0.1, 0.15) is 0 Å². The summed E-state index contributed by atoms with van der Waals surface area (Å²) in [4.78, 5) is 23.5. The van der Waals surface area contributed by atoms with Crippen LogP contribution in [0.5, 0.6) is 0 Å². The summed E-state index contributed by atoms with van der Waals surface area (Å²) in [5.41, 5.74) is 8.93. The van der Waals surface area contributed by atoms with Gasteiger partial charge in [-0.1, -0.05) is 6.07 Å². The van der Waals surface area contributed by atoms with Crippen molar-refractivity contribution in [3.05, 3.63) is 28.8 Å². The highest BCUT2D eigenvalue weighted by atomic mass is 16.2. The van der Waals surface area contributed by atoms with Crippen molar-refractivity contribution in [2.45, 2.75) is 20.8 Å². The van der Waals surface area contributed by atoms with Crippen LogP contribution in [0.25, 0.3) is 0 Å². The molecule has 0 bridgehead atoms. The van der Waals surface area contributed by atoms with Crippen LogP contribution in [0.4, 0.5) is 5.69 Å². The van der Waals surface area contributed by atoms with Crippen molar-refractivity contribution in [3.8, 4) is 0 Å². The fraction of sp³-hybridized carbons (Fsp3) is 0.333. The topological polar surface area (TPSA) is 63.4 Å². The van der Waals surface area contributed by atoms with E-state index in [0.717, 1.165) is 16.7 Å². The Morgan fingerprint density at radius 3 is 2.19 bits per heavy atom. The van der Waals surface area contributed by atoms with Crippen LogP contribution >= 0.6 is 0 Å². The molecule has 0 aliphatic heterocycles. The van der Waals surface area contributed by atoms with Crippen LogP contribution in [-0.4, -0.2) is 18.9 Å². The van der Waals surface area contributed by atoms with Gasteiger partial charge in [0, 0.05) is 12.7 Å². The monoisotopic (exact) mass is 220 g/mol. The molecule has 0 unspecified atom stereocenters. The van der Waals surface area contributed by atoms with E-state index in [2.05, 4.69) is 0 Å². The minimum Gasteiger partial charge on any atom is -0.361 e. The smallest absolute Gasteiger partial charge is 0.315 e. The predicted octanol–water partition coefficient (Wildman–Crippen LogP) is 1.06. The van der Waals surface area contributed by atoms with E-state index >= 15 is 0 Å². The van der Waals surface area contributed by atoms with Crippen molar-refractivity contribution in [1.29, 1.82) is 0 Å². The number of likely N-dealkylation sites (N-methyl/N-ethyl adjacent to an activating group) is 1. The van der Waals surface area contributed by atoms with E-state index in [0.29, 0.717) is 5.69 Å². The summed E-state index contributed by atoms with van der Waals surface area (Å²) in [5, 5.41) is 0. The summed E-state index contributed by atoms with van der Waals surface area (Å²) in [6.45, 7) is 5.90. The molecule has 0 saturated carbocycles. The van der Waals surface area contributed by atoms with Crippen LogP contribution < -0.4 is 10.6 Å². The molecule has 0 heterocycles. The van der Waals surface area contributed by atoms with E-state index in [4.69, 9.17) is 5.73 Å². The largest absolute Gasteiger partial charge is 0.361 e. The zero-order valence-corrected chi connectivity index (χ0v) is 10.00. The molecule has 4 nitrogen and oxygen atoms in total. The second kappa shape index (κ2) is 4.35. The fourth-order valence-corrected chi connectivity index (χ4v) is 1.58. The molecule has 0 aliphatic carbocycles. The first kappa shape index (κ1) is 12.2. The SMILES string of the molecule is Cc1ccc(N(C)C(=O)C(N)=O)c(C)c1C. The van der Waals surface area contributed by atoms with Crippen molar-refractivity contribution in [3.63, 3.8) is 0 Å². The van der Waals surface area contributed by atoms with E-state index in [1.165, 1.54) is 4.90 Å². The second-order valence-corrected chi connectivity index (χ2v) is 3.88. The third-order valence-corrected chi connectivity index (χ3v) is 2.91. The Morgan fingerprint density at radius 1 is 1.12 bits per heavy atom. The minimum absolute atomic E-state index is 0.702. The molecule has 1 rings (SSSR count). The number of nitrogens with zero attached hydrogens (tertiary/aromatic N) is 1. The minimum atomic E-state index is -0.944. The zero-order valence-electron chi connectivity index (χ0n) is 10.00. The van der Waals surface area contributed by atoms with E-state index in [9.17, 15) is 9.59 Å². The molecular formula is C12H16N2O2. The molecule has 0 aromatic heterocycles.